The molecule has 76 valence electrons. The highest BCUT2D eigenvalue weighted by atomic mass is 32.5. The van der Waals surface area contributed by atoms with Gasteiger partial charge in [0.2, 0.25) is 0 Å². The number of halogens is 5. The van der Waals surface area contributed by atoms with Crippen molar-refractivity contribution in [2.75, 3.05) is 0 Å². The van der Waals surface area contributed by atoms with Crippen LogP contribution in [0.2, 0.25) is 0 Å². The third-order valence-corrected chi connectivity index (χ3v) is 2.17. The molecule has 0 saturated heterocycles. The molecule has 0 N–H and O–H groups in total. The van der Waals surface area contributed by atoms with E-state index in [0.29, 0.717) is 0 Å². The van der Waals surface area contributed by atoms with Crippen LogP contribution in [0.3, 0.4) is 0 Å². The van der Waals surface area contributed by atoms with E-state index < -0.39 is 33.1 Å². The van der Waals surface area contributed by atoms with Crippen molar-refractivity contribution in [1.29, 1.82) is 0 Å². The summed E-state index contributed by atoms with van der Waals surface area (Å²) in [5.74, 6) is -4.10. The Kier molecular flexibility index (Phi) is 1.32. The molecule has 0 fully saturated rings. The van der Waals surface area contributed by atoms with Gasteiger partial charge in [-0.2, -0.15) is 0 Å². The minimum Gasteiger partial charge on any atom is -0.385 e. The molecule has 0 aliphatic carbocycles. The second kappa shape index (κ2) is 1.72. The Morgan fingerprint density at radius 2 is 1.54 bits per heavy atom. The minimum atomic E-state index is -10.1. The van der Waals surface area contributed by atoms with Crippen LogP contribution in [0.5, 0.6) is 0 Å². The van der Waals surface area contributed by atoms with Gasteiger partial charge in [-0.15, -0.1) is 0 Å². The van der Waals surface area contributed by atoms with Crippen molar-refractivity contribution in [3.63, 3.8) is 0 Å². The van der Waals surface area contributed by atoms with Crippen LogP contribution >= 0.6 is 10.2 Å². The van der Waals surface area contributed by atoms with Crippen LogP contribution in [0.25, 0.3) is 0 Å². The van der Waals surface area contributed by atoms with E-state index in [9.17, 15) is 29.0 Å². The molecule has 0 aromatic heterocycles. The van der Waals surface area contributed by atoms with Gasteiger partial charge in [0.15, 0.2) is 4.91 Å². The van der Waals surface area contributed by atoms with Gasteiger partial charge in [0, 0.05) is 0 Å². The highest BCUT2D eigenvalue weighted by Gasteiger charge is 2.71. The summed E-state index contributed by atoms with van der Waals surface area (Å²) in [7, 11) is -10.1. The monoisotopic (exact) mass is 224 g/mol. The number of carbonyl (C=O) groups excluding carboxylic acids is 2. The van der Waals surface area contributed by atoms with E-state index in [1.165, 1.54) is 0 Å². The van der Waals surface area contributed by atoms with Gasteiger partial charge in [-0.3, -0.25) is 0 Å². The standard InChI is InChI=1S/C4HF5O3S/c5-13(6,7,8,9)2-1-3(10)12-4(2)11/h1H. The molecule has 0 unspecified atom stereocenters. The molecule has 1 aliphatic heterocycles. The fourth-order valence-electron chi connectivity index (χ4n) is 0.606. The predicted molar refractivity (Wildman–Crippen MR) is 32.3 cm³/mol. The van der Waals surface area contributed by atoms with Crippen molar-refractivity contribution < 1.29 is 33.8 Å². The summed E-state index contributed by atoms with van der Waals surface area (Å²) in [5, 5.41) is 0. The zero-order chi connectivity index (χ0) is 10.6. The molecule has 9 heteroatoms. The molecule has 0 saturated carbocycles. The van der Waals surface area contributed by atoms with Gasteiger partial charge < -0.3 is 4.74 Å². The smallest absolute Gasteiger partial charge is 0.362 e. The molecule has 0 amide bonds. The molecule has 1 rings (SSSR count). The molecule has 13 heavy (non-hydrogen) atoms. The third kappa shape index (κ3) is 1.97. The van der Waals surface area contributed by atoms with Crippen LogP contribution in [0.15, 0.2) is 11.0 Å². The average Bonchev–Trinajstić information content (AvgIpc) is 2.04. The van der Waals surface area contributed by atoms with Crippen molar-refractivity contribution in [1.82, 2.24) is 0 Å². The third-order valence-electron chi connectivity index (χ3n) is 1.06. The number of carbonyl (C=O) groups is 2. The molecule has 1 heterocycles. The SMILES string of the molecule is O=C1C=C(S(F)(F)(F)(F)F)C(=O)O1. The summed E-state index contributed by atoms with van der Waals surface area (Å²) in [6.45, 7) is 0. The quantitative estimate of drug-likeness (QED) is 0.389. The van der Waals surface area contributed by atoms with Gasteiger partial charge in [0.25, 0.3) is 0 Å². The van der Waals surface area contributed by atoms with Crippen molar-refractivity contribution in [2.24, 2.45) is 0 Å². The van der Waals surface area contributed by atoms with Crippen molar-refractivity contribution in [3.05, 3.63) is 11.0 Å². The van der Waals surface area contributed by atoms with E-state index in [-0.39, 0.29) is 0 Å². The molecular formula is C4HF5O3S. The Morgan fingerprint density at radius 1 is 1.08 bits per heavy atom. The summed E-state index contributed by atoms with van der Waals surface area (Å²) in [4.78, 5) is 17.4. The largest absolute Gasteiger partial charge is 0.385 e. The van der Waals surface area contributed by atoms with Crippen molar-refractivity contribution in [3.8, 4) is 0 Å². The number of esters is 2. The lowest BCUT2D eigenvalue weighted by molar-refractivity contribution is -0.150. The normalized spacial score (nSPS) is 23.3. The van der Waals surface area contributed by atoms with Crippen LogP contribution < -0.4 is 0 Å². The first kappa shape index (κ1) is 9.96. The summed E-state index contributed by atoms with van der Waals surface area (Å²) in [5.41, 5.74) is 0. The Bertz CT molecular complexity index is 337. The second-order valence-corrected chi connectivity index (χ2v) is 4.56. The second-order valence-electron chi connectivity index (χ2n) is 2.19. The molecule has 1 aliphatic rings. The highest BCUT2D eigenvalue weighted by molar-refractivity contribution is 8.49. The van der Waals surface area contributed by atoms with E-state index in [0.717, 1.165) is 0 Å². The number of cyclic esters (lactones) is 2. The van der Waals surface area contributed by atoms with Crippen LogP contribution in [-0.4, -0.2) is 11.9 Å². The first-order valence-electron chi connectivity index (χ1n) is 2.62. The predicted octanol–water partition coefficient (Wildman–Crippen LogP) is 2.25. The van der Waals surface area contributed by atoms with Crippen molar-refractivity contribution in [2.45, 2.75) is 0 Å². The maximum atomic E-state index is 11.8. The summed E-state index contributed by atoms with van der Waals surface area (Å²) >= 11 is 0. The summed E-state index contributed by atoms with van der Waals surface area (Å²) in [6, 6.07) is 0. The van der Waals surface area contributed by atoms with E-state index >= 15 is 0 Å². The lowest BCUT2D eigenvalue weighted by Gasteiger charge is -2.39. The Morgan fingerprint density at radius 3 is 1.69 bits per heavy atom. The van der Waals surface area contributed by atoms with Gasteiger partial charge in [-0.1, -0.05) is 19.4 Å². The van der Waals surface area contributed by atoms with Gasteiger partial charge in [-0.05, 0) is 0 Å². The minimum absolute atomic E-state index is 0.552. The fraction of sp³-hybridized carbons (Fsp3) is 0. The highest BCUT2D eigenvalue weighted by Crippen LogP contribution is 3.02. The van der Waals surface area contributed by atoms with Crippen LogP contribution in [-0.2, 0) is 14.3 Å². The van der Waals surface area contributed by atoms with E-state index in [1.807, 2.05) is 0 Å². The van der Waals surface area contributed by atoms with Gasteiger partial charge in [0.1, 0.15) is 0 Å². The molecule has 0 atom stereocenters. The Labute approximate surface area is 67.9 Å². The Balaban J connectivity index is 3.35. The van der Waals surface area contributed by atoms with Crippen molar-refractivity contribution >= 4 is 22.2 Å². The molecule has 0 aromatic carbocycles. The summed E-state index contributed by atoms with van der Waals surface area (Å²) in [6.07, 6.45) is -0.552. The number of rotatable bonds is 1. The lowest BCUT2D eigenvalue weighted by Crippen LogP contribution is -2.15. The maximum Gasteiger partial charge on any atom is 0.362 e. The van der Waals surface area contributed by atoms with E-state index in [2.05, 4.69) is 4.74 Å². The molecule has 0 bridgehead atoms. The fourth-order valence-corrected chi connectivity index (χ4v) is 1.28. The van der Waals surface area contributed by atoms with Crippen LogP contribution in [0, 0.1) is 0 Å². The number of hydrogen-bond acceptors (Lipinski definition) is 3. The lowest BCUT2D eigenvalue weighted by atomic mass is 10.6. The summed E-state index contributed by atoms with van der Waals surface area (Å²) < 4.78 is 62.4. The topological polar surface area (TPSA) is 43.4 Å². The molecular weight excluding hydrogens is 223 g/mol. The van der Waals surface area contributed by atoms with E-state index in [1.54, 1.807) is 0 Å². The van der Waals surface area contributed by atoms with E-state index in [4.69, 9.17) is 0 Å². The zero-order valence-corrected chi connectivity index (χ0v) is 6.42. The first-order chi connectivity index (χ1) is 5.40. The van der Waals surface area contributed by atoms with Gasteiger partial charge in [-0.25, -0.2) is 9.59 Å². The Hall–Kier alpha value is -1.12. The molecule has 0 aromatic rings. The van der Waals surface area contributed by atoms with Gasteiger partial charge in [0.05, 0.1) is 6.08 Å². The molecule has 0 spiro atoms. The average molecular weight is 224 g/mol. The zero-order valence-electron chi connectivity index (χ0n) is 5.60. The first-order valence-corrected chi connectivity index (χ1v) is 4.57. The number of hydrogen-bond donors (Lipinski definition) is 0. The van der Waals surface area contributed by atoms with Crippen LogP contribution in [0.1, 0.15) is 0 Å². The maximum absolute atomic E-state index is 11.8. The van der Waals surface area contributed by atoms with Crippen LogP contribution in [0.4, 0.5) is 19.4 Å². The molecule has 0 radical (unpaired) electrons. The molecule has 3 nitrogen and oxygen atoms in total. The number of ether oxygens (including phenoxy) is 1. The van der Waals surface area contributed by atoms with Gasteiger partial charge >= 0.3 is 22.2 Å².